The van der Waals surface area contributed by atoms with E-state index in [-0.39, 0.29) is 44.1 Å². The second-order valence-corrected chi connectivity index (χ2v) is 12.3. The van der Waals surface area contributed by atoms with Crippen LogP contribution in [0.2, 0.25) is 0 Å². The molecule has 2 aliphatic heterocycles. The van der Waals surface area contributed by atoms with Crippen molar-refractivity contribution in [3.05, 3.63) is 101 Å². The molecule has 10 nitrogen and oxygen atoms in total. The van der Waals surface area contributed by atoms with Gasteiger partial charge in [-0.3, -0.25) is 9.59 Å². The molecule has 0 radical (unpaired) electrons. The van der Waals surface area contributed by atoms with Crippen LogP contribution < -0.4 is 5.32 Å². The third-order valence-corrected chi connectivity index (χ3v) is 8.65. The minimum absolute atomic E-state index is 0.0603. The number of likely N-dealkylation sites (tertiary alicyclic amines) is 1. The Labute approximate surface area is 276 Å². The van der Waals surface area contributed by atoms with Gasteiger partial charge in [-0.15, -0.1) is 0 Å². The van der Waals surface area contributed by atoms with Crippen molar-refractivity contribution >= 4 is 11.8 Å². The summed E-state index contributed by atoms with van der Waals surface area (Å²) in [5.41, 5.74) is 3.70. The van der Waals surface area contributed by atoms with Crippen molar-refractivity contribution in [3.8, 4) is 5.75 Å². The van der Waals surface area contributed by atoms with Gasteiger partial charge in [0.1, 0.15) is 11.8 Å². The average Bonchev–Trinajstić information content (AvgIpc) is 3.56. The summed E-state index contributed by atoms with van der Waals surface area (Å²) in [6.45, 7) is 0.636. The van der Waals surface area contributed by atoms with E-state index in [1.165, 1.54) is 6.07 Å². The molecule has 0 saturated carbocycles. The van der Waals surface area contributed by atoms with Gasteiger partial charge in [-0.2, -0.15) is 13.2 Å². The van der Waals surface area contributed by atoms with E-state index in [9.17, 15) is 38.1 Å². The molecule has 2 aliphatic rings. The van der Waals surface area contributed by atoms with Gasteiger partial charge in [-0.25, -0.2) is 0 Å². The number of nitrogens with one attached hydrogen (secondary N) is 1. The van der Waals surface area contributed by atoms with Gasteiger partial charge in [0.05, 0.1) is 24.9 Å². The summed E-state index contributed by atoms with van der Waals surface area (Å²) in [5, 5.41) is 32.7. The zero-order valence-electron chi connectivity index (χ0n) is 26.5. The zero-order valence-corrected chi connectivity index (χ0v) is 26.5. The second-order valence-electron chi connectivity index (χ2n) is 12.3. The van der Waals surface area contributed by atoms with Crippen molar-refractivity contribution in [1.82, 2.24) is 15.1 Å². The van der Waals surface area contributed by atoms with Crippen LogP contribution in [0.4, 0.5) is 13.2 Å². The summed E-state index contributed by atoms with van der Waals surface area (Å²) < 4.78 is 51.7. The van der Waals surface area contributed by atoms with Crippen molar-refractivity contribution in [3.63, 3.8) is 0 Å². The SMILES string of the molecule is CN(C[C@@H]1C[C@H](c2ccc(CO)cc2)O[C@H](c2ccc(CNC(=O)[C@@H]3CCCN3C(=O)C(F)(F)F)cc2)O1)C[C@@H](O)c1cccc(O)c1. The van der Waals surface area contributed by atoms with Gasteiger partial charge < -0.3 is 39.9 Å². The molecular weight excluding hydrogens is 631 g/mol. The van der Waals surface area contributed by atoms with E-state index in [0.29, 0.717) is 47.5 Å². The lowest BCUT2D eigenvalue weighted by atomic mass is 9.99. The molecule has 5 rings (SSSR count). The van der Waals surface area contributed by atoms with Crippen molar-refractivity contribution in [2.75, 3.05) is 26.7 Å². The molecule has 0 aliphatic carbocycles. The van der Waals surface area contributed by atoms with E-state index in [1.54, 1.807) is 42.5 Å². The van der Waals surface area contributed by atoms with E-state index in [1.807, 2.05) is 36.2 Å². The predicted molar refractivity (Wildman–Crippen MR) is 168 cm³/mol. The van der Waals surface area contributed by atoms with Crippen molar-refractivity contribution in [2.24, 2.45) is 0 Å². The summed E-state index contributed by atoms with van der Waals surface area (Å²) in [6.07, 6.45) is -6.23. The maximum atomic E-state index is 13.0. The van der Waals surface area contributed by atoms with Crippen LogP contribution >= 0.6 is 0 Å². The van der Waals surface area contributed by atoms with Crippen molar-refractivity contribution in [1.29, 1.82) is 0 Å². The number of phenolic OH excluding ortho intramolecular Hbond substituents is 1. The topological polar surface area (TPSA) is 132 Å². The minimum atomic E-state index is -5.04. The Balaban J connectivity index is 1.24. The smallest absolute Gasteiger partial charge is 0.471 e. The van der Waals surface area contributed by atoms with Crippen LogP contribution in [0.3, 0.4) is 0 Å². The van der Waals surface area contributed by atoms with E-state index >= 15 is 0 Å². The fraction of sp³-hybridized carbons (Fsp3) is 0.429. The molecule has 3 aromatic rings. The summed E-state index contributed by atoms with van der Waals surface area (Å²) in [4.78, 5) is 27.0. The Morgan fingerprint density at radius 3 is 2.38 bits per heavy atom. The fourth-order valence-electron chi connectivity index (χ4n) is 6.13. The molecular formula is C35H40F3N3O7. The number of carbonyl (C=O) groups is 2. The summed E-state index contributed by atoms with van der Waals surface area (Å²) >= 11 is 0. The first-order chi connectivity index (χ1) is 22.9. The number of aliphatic hydroxyl groups excluding tert-OH is 2. The molecule has 5 atom stereocenters. The number of halogens is 3. The number of hydrogen-bond acceptors (Lipinski definition) is 8. The Bertz CT molecular complexity index is 1540. The lowest BCUT2D eigenvalue weighted by Crippen LogP contribution is -2.50. The quantitative estimate of drug-likeness (QED) is 0.238. The highest BCUT2D eigenvalue weighted by molar-refractivity contribution is 5.90. The first-order valence-electron chi connectivity index (χ1n) is 15.8. The highest BCUT2D eigenvalue weighted by atomic mass is 19.4. The Kier molecular flexibility index (Phi) is 11.4. The zero-order chi connectivity index (χ0) is 34.4. The number of aromatic hydroxyl groups is 1. The number of likely N-dealkylation sites (N-methyl/N-ethyl adjacent to an activating group) is 1. The number of phenols is 1. The van der Waals surface area contributed by atoms with Gasteiger partial charge in [0.2, 0.25) is 5.91 Å². The lowest BCUT2D eigenvalue weighted by Gasteiger charge is -2.38. The summed E-state index contributed by atoms with van der Waals surface area (Å²) in [7, 11) is 1.87. The molecule has 48 heavy (non-hydrogen) atoms. The summed E-state index contributed by atoms with van der Waals surface area (Å²) in [5.74, 6) is -2.56. The number of alkyl halides is 3. The molecule has 0 unspecified atom stereocenters. The molecule has 2 amide bonds. The van der Waals surface area contributed by atoms with Gasteiger partial charge >= 0.3 is 12.1 Å². The lowest BCUT2D eigenvalue weighted by molar-refractivity contribution is -0.252. The van der Waals surface area contributed by atoms with Gasteiger partial charge in [-0.1, -0.05) is 60.7 Å². The minimum Gasteiger partial charge on any atom is -0.508 e. The largest absolute Gasteiger partial charge is 0.508 e. The maximum absolute atomic E-state index is 13.0. The molecule has 0 bridgehead atoms. The molecule has 0 spiro atoms. The molecule has 0 aromatic heterocycles. The van der Waals surface area contributed by atoms with Gasteiger partial charge in [0.25, 0.3) is 0 Å². The third kappa shape index (κ3) is 8.91. The number of amides is 2. The van der Waals surface area contributed by atoms with Crippen LogP contribution in [0.25, 0.3) is 0 Å². The number of carbonyl (C=O) groups excluding carboxylic acids is 2. The van der Waals surface area contributed by atoms with Crippen LogP contribution in [0.5, 0.6) is 5.75 Å². The standard InChI is InChI=1S/C35H40F3N3O7/c1-40(20-30(44)26-4-2-5-27(43)16-26)19-28-17-31(24-11-9-23(21-42)10-12-24)48-33(47-28)25-13-7-22(8-14-25)18-39-32(45)29-6-3-15-41(29)34(46)35(36,37)38/h2,4-5,7-14,16,28-31,33,42-44H,3,6,15,17-21H2,1H3,(H,39,45)/t28-,29-,30+,31+,33+/m0/s1. The van der Waals surface area contributed by atoms with Crippen LogP contribution in [-0.4, -0.2) is 81.9 Å². The first kappa shape index (κ1) is 35.3. The fourth-order valence-corrected chi connectivity index (χ4v) is 6.13. The summed E-state index contributed by atoms with van der Waals surface area (Å²) in [6, 6.07) is 19.9. The monoisotopic (exact) mass is 671 g/mol. The van der Waals surface area contributed by atoms with E-state index in [4.69, 9.17) is 9.47 Å². The van der Waals surface area contributed by atoms with Gasteiger partial charge in [-0.05, 0) is 54.3 Å². The number of benzene rings is 3. The molecule has 4 N–H and O–H groups in total. The van der Waals surface area contributed by atoms with E-state index in [0.717, 1.165) is 11.1 Å². The first-order valence-corrected chi connectivity index (χ1v) is 15.8. The Morgan fingerprint density at radius 2 is 1.71 bits per heavy atom. The highest BCUT2D eigenvalue weighted by Gasteiger charge is 2.47. The van der Waals surface area contributed by atoms with E-state index in [2.05, 4.69) is 5.32 Å². The number of rotatable bonds is 11. The normalized spacial score (nSPS) is 22.1. The molecule has 3 aromatic carbocycles. The average molecular weight is 672 g/mol. The number of nitrogens with zero attached hydrogens (tertiary/aromatic N) is 2. The molecule has 2 heterocycles. The molecule has 258 valence electrons. The van der Waals surface area contributed by atoms with Crippen LogP contribution in [-0.2, 0) is 32.2 Å². The Morgan fingerprint density at radius 1 is 1.02 bits per heavy atom. The molecule has 13 heteroatoms. The predicted octanol–water partition coefficient (Wildman–Crippen LogP) is 4.26. The number of aliphatic hydroxyl groups is 2. The van der Waals surface area contributed by atoms with Crippen LogP contribution in [0, 0.1) is 0 Å². The Hall–Kier alpha value is -4.01. The third-order valence-electron chi connectivity index (χ3n) is 8.65. The van der Waals surface area contributed by atoms with E-state index < -0.39 is 36.4 Å². The van der Waals surface area contributed by atoms with Gasteiger partial charge in [0.15, 0.2) is 6.29 Å². The highest BCUT2D eigenvalue weighted by Crippen LogP contribution is 2.38. The van der Waals surface area contributed by atoms with Crippen molar-refractivity contribution < 1.29 is 47.6 Å². The molecule has 2 saturated heterocycles. The van der Waals surface area contributed by atoms with Gasteiger partial charge in [0, 0.05) is 38.2 Å². The maximum Gasteiger partial charge on any atom is 0.471 e. The second kappa shape index (κ2) is 15.5. The molecule has 2 fully saturated rings. The van der Waals surface area contributed by atoms with Crippen LogP contribution in [0.15, 0.2) is 72.8 Å². The number of hydrogen-bond donors (Lipinski definition) is 4. The van der Waals surface area contributed by atoms with Crippen molar-refractivity contribution in [2.45, 2.75) is 69.2 Å². The number of ether oxygens (including phenoxy) is 2. The van der Waals surface area contributed by atoms with Crippen LogP contribution in [0.1, 0.15) is 65.6 Å².